The third-order valence-corrected chi connectivity index (χ3v) is 2.80. The molecule has 1 aliphatic rings. The highest BCUT2D eigenvalue weighted by molar-refractivity contribution is 6.32. The van der Waals surface area contributed by atoms with Crippen LogP contribution in [-0.4, -0.2) is 26.1 Å². The van der Waals surface area contributed by atoms with Crippen LogP contribution >= 0.6 is 24.0 Å². The molecule has 1 heterocycles. The Morgan fingerprint density at radius 1 is 1.37 bits per heavy atom. The van der Waals surface area contributed by atoms with Crippen molar-refractivity contribution in [2.24, 2.45) is 0 Å². The molecule has 1 aromatic rings. The van der Waals surface area contributed by atoms with Crippen LogP contribution in [0.2, 0.25) is 5.02 Å². The number of hydrogen-bond acceptors (Lipinski definition) is 3. The van der Waals surface area contributed by atoms with Gasteiger partial charge >= 0.3 is 6.36 Å². The molecule has 0 radical (unpaired) electrons. The molecule has 1 atom stereocenters. The van der Waals surface area contributed by atoms with E-state index in [0.29, 0.717) is 19.8 Å². The lowest BCUT2D eigenvalue weighted by atomic mass is 10.1. The molecule has 108 valence electrons. The van der Waals surface area contributed by atoms with E-state index in [0.717, 1.165) is 5.56 Å². The minimum absolute atomic E-state index is 0. The van der Waals surface area contributed by atoms with Gasteiger partial charge < -0.3 is 14.8 Å². The van der Waals surface area contributed by atoms with E-state index in [-0.39, 0.29) is 23.5 Å². The first-order chi connectivity index (χ1) is 8.46. The number of hydrogen-bond donors (Lipinski definition) is 1. The normalized spacial score (nSPS) is 19.7. The summed E-state index contributed by atoms with van der Waals surface area (Å²) in [5.41, 5.74) is 0.772. The Balaban J connectivity index is 0.00000180. The molecule has 0 aliphatic carbocycles. The zero-order chi connectivity index (χ0) is 13.2. The van der Waals surface area contributed by atoms with Gasteiger partial charge in [0.1, 0.15) is 5.75 Å². The SMILES string of the molecule is Cl.FC(F)(F)Oc1ccc([C@@H]2COCCN2)cc1Cl. The predicted octanol–water partition coefficient (Wildman–Crippen LogP) is 3.32. The number of nitrogens with one attached hydrogen (secondary N) is 1. The number of alkyl halides is 3. The average molecular weight is 318 g/mol. The van der Waals surface area contributed by atoms with Gasteiger partial charge in [0.2, 0.25) is 0 Å². The van der Waals surface area contributed by atoms with Crippen LogP contribution in [-0.2, 0) is 4.74 Å². The minimum Gasteiger partial charge on any atom is -0.404 e. The van der Waals surface area contributed by atoms with Crippen LogP contribution in [0.1, 0.15) is 11.6 Å². The maximum Gasteiger partial charge on any atom is 0.573 e. The van der Waals surface area contributed by atoms with Crippen LogP contribution in [0.4, 0.5) is 13.2 Å². The smallest absolute Gasteiger partial charge is 0.404 e. The van der Waals surface area contributed by atoms with Crippen molar-refractivity contribution >= 4 is 24.0 Å². The van der Waals surface area contributed by atoms with Crippen molar-refractivity contribution in [3.05, 3.63) is 28.8 Å². The maximum atomic E-state index is 12.1. The number of morpholine rings is 1. The second-order valence-electron chi connectivity index (χ2n) is 3.82. The van der Waals surface area contributed by atoms with Crippen molar-refractivity contribution in [3.8, 4) is 5.75 Å². The van der Waals surface area contributed by atoms with Gasteiger partial charge in [-0.1, -0.05) is 17.7 Å². The summed E-state index contributed by atoms with van der Waals surface area (Å²) in [7, 11) is 0. The standard InChI is InChI=1S/C11H11ClF3NO2.ClH/c12-8-5-7(9-6-17-4-3-16-9)1-2-10(8)18-11(13,14)15;/h1-2,5,9,16H,3-4,6H2;1H/t9-;/m0./s1. The Labute approximate surface area is 119 Å². The second kappa shape index (κ2) is 6.65. The molecule has 0 unspecified atom stereocenters. The van der Waals surface area contributed by atoms with Crippen LogP contribution in [0.25, 0.3) is 0 Å². The molecule has 19 heavy (non-hydrogen) atoms. The second-order valence-corrected chi connectivity index (χ2v) is 4.23. The lowest BCUT2D eigenvalue weighted by Gasteiger charge is -2.24. The van der Waals surface area contributed by atoms with E-state index in [1.807, 2.05) is 0 Å². The van der Waals surface area contributed by atoms with E-state index in [2.05, 4.69) is 10.1 Å². The van der Waals surface area contributed by atoms with Crippen LogP contribution in [0, 0.1) is 0 Å². The summed E-state index contributed by atoms with van der Waals surface area (Å²) in [5.74, 6) is -0.398. The van der Waals surface area contributed by atoms with Crippen molar-refractivity contribution in [3.63, 3.8) is 0 Å². The topological polar surface area (TPSA) is 30.5 Å². The molecule has 1 fully saturated rings. The fourth-order valence-corrected chi connectivity index (χ4v) is 1.95. The molecule has 1 aliphatic heterocycles. The molecule has 1 aromatic carbocycles. The van der Waals surface area contributed by atoms with Crippen molar-refractivity contribution in [2.75, 3.05) is 19.8 Å². The van der Waals surface area contributed by atoms with Crippen molar-refractivity contribution in [1.29, 1.82) is 0 Å². The highest BCUT2D eigenvalue weighted by Gasteiger charge is 2.32. The molecule has 0 spiro atoms. The van der Waals surface area contributed by atoms with Crippen LogP contribution in [0.15, 0.2) is 18.2 Å². The largest absolute Gasteiger partial charge is 0.573 e. The summed E-state index contributed by atoms with van der Waals surface area (Å²) in [6.07, 6.45) is -4.74. The quantitative estimate of drug-likeness (QED) is 0.907. The molecule has 0 saturated carbocycles. The summed E-state index contributed by atoms with van der Waals surface area (Å²) >= 11 is 5.76. The number of rotatable bonds is 2. The van der Waals surface area contributed by atoms with E-state index >= 15 is 0 Å². The molecule has 0 amide bonds. The fraction of sp³-hybridized carbons (Fsp3) is 0.455. The van der Waals surface area contributed by atoms with Gasteiger partial charge in [-0.25, -0.2) is 0 Å². The van der Waals surface area contributed by atoms with Crippen molar-refractivity contribution < 1.29 is 22.6 Å². The van der Waals surface area contributed by atoms with Gasteiger partial charge in [0.25, 0.3) is 0 Å². The molecular formula is C11H12Cl2F3NO2. The van der Waals surface area contributed by atoms with Gasteiger partial charge in [0.05, 0.1) is 24.3 Å². The molecule has 3 nitrogen and oxygen atoms in total. The highest BCUT2D eigenvalue weighted by Crippen LogP contribution is 2.32. The van der Waals surface area contributed by atoms with E-state index in [9.17, 15) is 13.2 Å². The third-order valence-electron chi connectivity index (χ3n) is 2.51. The Kier molecular flexibility index (Phi) is 5.73. The molecule has 8 heteroatoms. The summed E-state index contributed by atoms with van der Waals surface area (Å²) in [6, 6.07) is 4.14. The van der Waals surface area contributed by atoms with Crippen molar-refractivity contribution in [1.82, 2.24) is 5.32 Å². The zero-order valence-electron chi connectivity index (χ0n) is 9.67. The van der Waals surface area contributed by atoms with E-state index in [4.69, 9.17) is 16.3 Å². The first-order valence-electron chi connectivity index (χ1n) is 5.32. The van der Waals surface area contributed by atoms with Crippen LogP contribution < -0.4 is 10.1 Å². The van der Waals surface area contributed by atoms with Crippen molar-refractivity contribution in [2.45, 2.75) is 12.4 Å². The summed E-state index contributed by atoms with van der Waals surface area (Å²) in [5, 5.41) is 3.11. The van der Waals surface area contributed by atoms with E-state index < -0.39 is 12.1 Å². The summed E-state index contributed by atoms with van der Waals surface area (Å²) in [6.45, 7) is 1.79. The fourth-order valence-electron chi connectivity index (χ4n) is 1.72. The minimum atomic E-state index is -4.74. The molecule has 2 rings (SSSR count). The maximum absolute atomic E-state index is 12.1. The van der Waals surface area contributed by atoms with Crippen LogP contribution in [0.5, 0.6) is 5.75 Å². The Hall–Kier alpha value is -0.690. The Morgan fingerprint density at radius 2 is 2.11 bits per heavy atom. The Bertz CT molecular complexity index is 423. The van der Waals surface area contributed by atoms with E-state index in [1.165, 1.54) is 12.1 Å². The average Bonchev–Trinajstić information content (AvgIpc) is 2.31. The van der Waals surface area contributed by atoms with E-state index in [1.54, 1.807) is 6.07 Å². The third kappa shape index (κ3) is 4.72. The van der Waals surface area contributed by atoms with Gasteiger partial charge in [-0.05, 0) is 17.7 Å². The number of halogens is 5. The summed E-state index contributed by atoms with van der Waals surface area (Å²) < 4.78 is 45.3. The van der Waals surface area contributed by atoms with Gasteiger partial charge in [-0.3, -0.25) is 0 Å². The van der Waals surface area contributed by atoms with Gasteiger partial charge in [0, 0.05) is 6.54 Å². The Morgan fingerprint density at radius 3 is 2.63 bits per heavy atom. The first-order valence-corrected chi connectivity index (χ1v) is 5.70. The molecular weight excluding hydrogens is 306 g/mol. The lowest BCUT2D eigenvalue weighted by molar-refractivity contribution is -0.274. The zero-order valence-corrected chi connectivity index (χ0v) is 11.2. The number of benzene rings is 1. The first kappa shape index (κ1) is 16.4. The highest BCUT2D eigenvalue weighted by atomic mass is 35.5. The lowest BCUT2D eigenvalue weighted by Crippen LogP contribution is -2.34. The molecule has 0 aromatic heterocycles. The van der Waals surface area contributed by atoms with Gasteiger partial charge in [0.15, 0.2) is 0 Å². The van der Waals surface area contributed by atoms with Gasteiger partial charge in [-0.15, -0.1) is 25.6 Å². The van der Waals surface area contributed by atoms with Crippen LogP contribution in [0.3, 0.4) is 0 Å². The molecule has 1 N–H and O–H groups in total. The number of ether oxygens (including phenoxy) is 2. The monoisotopic (exact) mass is 317 g/mol. The predicted molar refractivity (Wildman–Crippen MR) is 66.9 cm³/mol. The molecule has 1 saturated heterocycles. The summed E-state index contributed by atoms with van der Waals surface area (Å²) in [4.78, 5) is 0. The molecule has 0 bridgehead atoms. The van der Waals surface area contributed by atoms with Gasteiger partial charge in [-0.2, -0.15) is 0 Å².